The Bertz CT molecular complexity index is 340. The van der Waals surface area contributed by atoms with Gasteiger partial charge in [0.25, 0.3) is 0 Å². The molecule has 0 heterocycles. The summed E-state index contributed by atoms with van der Waals surface area (Å²) in [6.45, 7) is 3.81. The summed E-state index contributed by atoms with van der Waals surface area (Å²) in [5.74, 6) is 0.994. The van der Waals surface area contributed by atoms with E-state index in [1.807, 2.05) is 0 Å². The molecule has 0 radical (unpaired) electrons. The number of nitrogens with two attached hydrogens (primary N) is 1. The topological polar surface area (TPSA) is 35.2 Å². The summed E-state index contributed by atoms with van der Waals surface area (Å²) in [7, 11) is 0. The molecule has 2 nitrogen and oxygen atoms in total. The zero-order valence-electron chi connectivity index (χ0n) is 10.7. The highest BCUT2D eigenvalue weighted by Gasteiger charge is 2.42. The van der Waals surface area contributed by atoms with Gasteiger partial charge in [-0.25, -0.2) is 0 Å². The molecule has 1 aromatic rings. The first kappa shape index (κ1) is 12.4. The Morgan fingerprint density at radius 3 is 2.47 bits per heavy atom. The average molecular weight is 233 g/mol. The van der Waals surface area contributed by atoms with E-state index in [2.05, 4.69) is 31.2 Å². The Morgan fingerprint density at radius 2 is 1.94 bits per heavy atom. The van der Waals surface area contributed by atoms with Crippen molar-refractivity contribution < 1.29 is 4.74 Å². The molecule has 1 saturated carbocycles. The van der Waals surface area contributed by atoms with Crippen molar-refractivity contribution in [3.05, 3.63) is 29.8 Å². The van der Waals surface area contributed by atoms with Gasteiger partial charge in [0.1, 0.15) is 5.75 Å². The minimum absolute atomic E-state index is 0.400. The highest BCUT2D eigenvalue weighted by molar-refractivity contribution is 5.27. The molecule has 0 amide bonds. The quantitative estimate of drug-likeness (QED) is 0.785. The van der Waals surface area contributed by atoms with Crippen molar-refractivity contribution in [3.63, 3.8) is 0 Å². The van der Waals surface area contributed by atoms with Crippen LogP contribution in [0.2, 0.25) is 0 Å². The molecule has 2 rings (SSSR count). The third-order valence-electron chi connectivity index (χ3n) is 3.64. The van der Waals surface area contributed by atoms with Crippen LogP contribution in [0, 0.1) is 5.41 Å². The molecule has 2 heteroatoms. The zero-order valence-corrected chi connectivity index (χ0v) is 10.7. The minimum Gasteiger partial charge on any atom is -0.493 e. The summed E-state index contributed by atoms with van der Waals surface area (Å²) in [5.41, 5.74) is 7.41. The predicted octanol–water partition coefficient (Wildman–Crippen LogP) is 3.15. The van der Waals surface area contributed by atoms with Crippen molar-refractivity contribution in [2.75, 3.05) is 13.2 Å². The van der Waals surface area contributed by atoms with E-state index in [4.69, 9.17) is 10.5 Å². The van der Waals surface area contributed by atoms with Crippen LogP contribution in [0.4, 0.5) is 0 Å². The Labute approximate surface area is 104 Å². The summed E-state index contributed by atoms with van der Waals surface area (Å²) in [6.07, 6.45) is 5.99. The van der Waals surface area contributed by atoms with E-state index in [-0.39, 0.29) is 0 Å². The van der Waals surface area contributed by atoms with E-state index < -0.39 is 0 Å². The van der Waals surface area contributed by atoms with Crippen molar-refractivity contribution in [2.45, 2.75) is 39.0 Å². The lowest BCUT2D eigenvalue weighted by molar-refractivity contribution is 0.227. The average Bonchev–Trinajstić information content (AvgIpc) is 3.10. The third kappa shape index (κ3) is 3.47. The number of benzene rings is 1. The summed E-state index contributed by atoms with van der Waals surface area (Å²) >= 11 is 0. The van der Waals surface area contributed by atoms with Gasteiger partial charge in [0.05, 0.1) is 6.61 Å². The van der Waals surface area contributed by atoms with Gasteiger partial charge in [0.15, 0.2) is 0 Å². The molecule has 0 bridgehead atoms. The standard InChI is InChI=1S/C15H23NO/c1-2-3-13-4-6-14(7-5-13)17-12-15(8-9-15)10-11-16/h4-7H,2-3,8-12,16H2,1H3. The SMILES string of the molecule is CCCc1ccc(OCC2(CCN)CC2)cc1. The van der Waals surface area contributed by atoms with Crippen LogP contribution in [0.25, 0.3) is 0 Å². The minimum atomic E-state index is 0.400. The number of hydrogen-bond acceptors (Lipinski definition) is 2. The molecule has 0 aliphatic heterocycles. The first-order chi connectivity index (χ1) is 8.28. The smallest absolute Gasteiger partial charge is 0.119 e. The van der Waals surface area contributed by atoms with E-state index in [1.165, 1.54) is 24.8 Å². The van der Waals surface area contributed by atoms with Gasteiger partial charge in [-0.1, -0.05) is 25.5 Å². The second-order valence-corrected chi connectivity index (χ2v) is 5.22. The van der Waals surface area contributed by atoms with E-state index in [0.29, 0.717) is 5.41 Å². The van der Waals surface area contributed by atoms with Crippen LogP contribution in [0.5, 0.6) is 5.75 Å². The molecule has 0 aromatic heterocycles. The van der Waals surface area contributed by atoms with Crippen molar-refractivity contribution in [1.29, 1.82) is 0 Å². The maximum Gasteiger partial charge on any atom is 0.119 e. The fraction of sp³-hybridized carbons (Fsp3) is 0.600. The maximum absolute atomic E-state index is 5.86. The molecule has 1 aliphatic rings. The maximum atomic E-state index is 5.86. The summed E-state index contributed by atoms with van der Waals surface area (Å²) in [5, 5.41) is 0. The Morgan fingerprint density at radius 1 is 1.24 bits per heavy atom. The molecule has 17 heavy (non-hydrogen) atoms. The van der Waals surface area contributed by atoms with Crippen molar-refractivity contribution in [1.82, 2.24) is 0 Å². The molecule has 2 N–H and O–H groups in total. The van der Waals surface area contributed by atoms with Crippen LogP contribution in [0.1, 0.15) is 38.2 Å². The van der Waals surface area contributed by atoms with Crippen LogP contribution in [-0.4, -0.2) is 13.2 Å². The number of aryl methyl sites for hydroxylation is 1. The monoisotopic (exact) mass is 233 g/mol. The van der Waals surface area contributed by atoms with Gasteiger partial charge in [-0.05, 0) is 49.9 Å². The molecule has 1 aliphatic carbocycles. The summed E-state index contributed by atoms with van der Waals surface area (Å²) < 4.78 is 5.86. The molecule has 1 fully saturated rings. The molecule has 0 atom stereocenters. The fourth-order valence-electron chi connectivity index (χ4n) is 2.23. The van der Waals surface area contributed by atoms with E-state index >= 15 is 0 Å². The van der Waals surface area contributed by atoms with Gasteiger partial charge >= 0.3 is 0 Å². The lowest BCUT2D eigenvalue weighted by atomic mass is 10.0. The summed E-state index contributed by atoms with van der Waals surface area (Å²) in [6, 6.07) is 8.51. The van der Waals surface area contributed by atoms with Crippen LogP contribution in [0.15, 0.2) is 24.3 Å². The van der Waals surface area contributed by atoms with E-state index in [9.17, 15) is 0 Å². The van der Waals surface area contributed by atoms with Gasteiger partial charge in [-0.15, -0.1) is 0 Å². The van der Waals surface area contributed by atoms with Gasteiger partial charge in [-0.3, -0.25) is 0 Å². The molecule has 0 unspecified atom stereocenters. The lowest BCUT2D eigenvalue weighted by Gasteiger charge is -2.15. The van der Waals surface area contributed by atoms with E-state index in [1.54, 1.807) is 0 Å². The predicted molar refractivity (Wildman–Crippen MR) is 71.3 cm³/mol. The second-order valence-electron chi connectivity index (χ2n) is 5.22. The number of rotatable bonds is 7. The number of ether oxygens (including phenoxy) is 1. The first-order valence-corrected chi connectivity index (χ1v) is 6.70. The second kappa shape index (κ2) is 5.54. The molecule has 0 spiro atoms. The van der Waals surface area contributed by atoms with Gasteiger partial charge in [0, 0.05) is 5.41 Å². The van der Waals surface area contributed by atoms with Crippen molar-refractivity contribution >= 4 is 0 Å². The first-order valence-electron chi connectivity index (χ1n) is 6.70. The normalized spacial score (nSPS) is 16.8. The Balaban J connectivity index is 1.83. The number of hydrogen-bond donors (Lipinski definition) is 1. The lowest BCUT2D eigenvalue weighted by Crippen LogP contribution is -2.17. The molecule has 0 saturated heterocycles. The molecular weight excluding hydrogens is 210 g/mol. The fourth-order valence-corrected chi connectivity index (χ4v) is 2.23. The third-order valence-corrected chi connectivity index (χ3v) is 3.64. The summed E-state index contributed by atoms with van der Waals surface area (Å²) in [4.78, 5) is 0. The largest absolute Gasteiger partial charge is 0.493 e. The van der Waals surface area contributed by atoms with Crippen molar-refractivity contribution in [2.24, 2.45) is 11.1 Å². The Hall–Kier alpha value is -1.02. The van der Waals surface area contributed by atoms with Gasteiger partial charge in [-0.2, -0.15) is 0 Å². The van der Waals surface area contributed by atoms with Crippen LogP contribution in [0.3, 0.4) is 0 Å². The van der Waals surface area contributed by atoms with Crippen LogP contribution in [-0.2, 0) is 6.42 Å². The van der Waals surface area contributed by atoms with Gasteiger partial charge in [0.2, 0.25) is 0 Å². The van der Waals surface area contributed by atoms with Crippen LogP contribution >= 0.6 is 0 Å². The van der Waals surface area contributed by atoms with Gasteiger partial charge < -0.3 is 10.5 Å². The van der Waals surface area contributed by atoms with E-state index in [0.717, 1.165) is 31.7 Å². The molecule has 1 aromatic carbocycles. The van der Waals surface area contributed by atoms with Crippen molar-refractivity contribution in [3.8, 4) is 5.75 Å². The molecule has 94 valence electrons. The Kier molecular flexibility index (Phi) is 4.06. The highest BCUT2D eigenvalue weighted by atomic mass is 16.5. The zero-order chi connectivity index (χ0) is 12.1. The van der Waals surface area contributed by atoms with Crippen LogP contribution < -0.4 is 10.5 Å². The highest BCUT2D eigenvalue weighted by Crippen LogP contribution is 2.48. The molecular formula is C15H23NO.